The second-order valence-electron chi connectivity index (χ2n) is 8.61. The van der Waals surface area contributed by atoms with Crippen LogP contribution in [0.15, 0.2) is 36.4 Å². The molecule has 0 atom stereocenters. The lowest BCUT2D eigenvalue weighted by Gasteiger charge is -2.29. The fourth-order valence-corrected chi connectivity index (χ4v) is 4.46. The largest absolute Gasteiger partial charge is 0.371 e. The van der Waals surface area contributed by atoms with Crippen molar-refractivity contribution < 1.29 is 9.59 Å². The van der Waals surface area contributed by atoms with Gasteiger partial charge in [0.15, 0.2) is 0 Å². The highest BCUT2D eigenvalue weighted by atomic mass is 16.2. The average molecular weight is 421 g/mol. The van der Waals surface area contributed by atoms with Crippen molar-refractivity contribution in [3.63, 3.8) is 0 Å². The summed E-state index contributed by atoms with van der Waals surface area (Å²) in [5, 5.41) is 5.84. The van der Waals surface area contributed by atoms with Crippen LogP contribution in [0.1, 0.15) is 53.6 Å². The Morgan fingerprint density at radius 2 is 1.55 bits per heavy atom. The molecule has 0 radical (unpaired) electrons. The molecular weight excluding hydrogens is 388 g/mol. The van der Waals surface area contributed by atoms with Gasteiger partial charge in [-0.2, -0.15) is 0 Å². The molecule has 0 aromatic heterocycles. The Labute approximate surface area is 184 Å². The topological polar surface area (TPSA) is 64.7 Å². The molecule has 0 saturated carbocycles. The van der Waals surface area contributed by atoms with Gasteiger partial charge in [0.2, 0.25) is 0 Å². The Morgan fingerprint density at radius 1 is 0.839 bits per heavy atom. The van der Waals surface area contributed by atoms with Crippen LogP contribution in [0, 0.1) is 13.8 Å². The highest BCUT2D eigenvalue weighted by Gasteiger charge is 2.25. The summed E-state index contributed by atoms with van der Waals surface area (Å²) in [5.41, 5.74) is 5.26. The number of likely N-dealkylation sites (tertiary alicyclic amines) is 1. The van der Waals surface area contributed by atoms with E-state index < -0.39 is 0 Å². The molecule has 0 unspecified atom stereocenters. The lowest BCUT2D eigenvalue weighted by atomic mass is 10.1. The predicted molar refractivity (Wildman–Crippen MR) is 126 cm³/mol. The summed E-state index contributed by atoms with van der Waals surface area (Å²) in [7, 11) is 0. The Hall–Kier alpha value is -3.02. The van der Waals surface area contributed by atoms with Crippen molar-refractivity contribution in [3.05, 3.63) is 53.1 Å². The third-order valence-corrected chi connectivity index (χ3v) is 6.43. The standard InChI is InChI=1S/C25H32N4O2/c1-18-9-8-10-22(19(18)2)27-25(31)26-20-11-12-23(28-13-6-7-14-28)21(17-20)24(30)29-15-4-3-5-16-29/h8-12,17H,3-7,13-16H2,1-2H3,(H2,26,27,31). The maximum absolute atomic E-state index is 13.4. The summed E-state index contributed by atoms with van der Waals surface area (Å²) < 4.78 is 0. The van der Waals surface area contributed by atoms with Gasteiger partial charge in [-0.1, -0.05) is 12.1 Å². The third kappa shape index (κ3) is 4.84. The van der Waals surface area contributed by atoms with E-state index in [0.29, 0.717) is 11.3 Å². The van der Waals surface area contributed by atoms with Gasteiger partial charge in [-0.25, -0.2) is 4.79 Å². The lowest BCUT2D eigenvalue weighted by Crippen LogP contribution is -2.36. The SMILES string of the molecule is Cc1cccc(NC(=O)Nc2ccc(N3CCCC3)c(C(=O)N3CCCCC3)c2)c1C. The van der Waals surface area contributed by atoms with Crippen molar-refractivity contribution in [2.75, 3.05) is 41.7 Å². The van der Waals surface area contributed by atoms with E-state index >= 15 is 0 Å². The first-order valence-corrected chi connectivity index (χ1v) is 11.4. The molecule has 4 rings (SSSR count). The molecule has 2 aromatic rings. The molecule has 2 aliphatic rings. The average Bonchev–Trinajstić information content (AvgIpc) is 3.32. The van der Waals surface area contributed by atoms with Crippen LogP contribution in [-0.2, 0) is 0 Å². The van der Waals surface area contributed by atoms with Gasteiger partial charge in [-0.15, -0.1) is 0 Å². The zero-order valence-corrected chi connectivity index (χ0v) is 18.5. The molecule has 31 heavy (non-hydrogen) atoms. The molecule has 2 heterocycles. The second kappa shape index (κ2) is 9.41. The van der Waals surface area contributed by atoms with E-state index in [1.165, 1.54) is 6.42 Å². The van der Waals surface area contributed by atoms with Gasteiger partial charge >= 0.3 is 6.03 Å². The fraction of sp³-hybridized carbons (Fsp3) is 0.440. The summed E-state index contributed by atoms with van der Waals surface area (Å²) in [6, 6.07) is 11.3. The van der Waals surface area contributed by atoms with E-state index in [9.17, 15) is 9.59 Å². The van der Waals surface area contributed by atoms with E-state index in [-0.39, 0.29) is 11.9 Å². The monoisotopic (exact) mass is 420 g/mol. The van der Waals surface area contributed by atoms with Gasteiger partial charge in [0.25, 0.3) is 5.91 Å². The molecule has 6 heteroatoms. The van der Waals surface area contributed by atoms with Crippen molar-refractivity contribution >= 4 is 29.0 Å². The number of urea groups is 1. The fourth-order valence-electron chi connectivity index (χ4n) is 4.46. The molecule has 164 valence electrons. The number of anilines is 3. The van der Waals surface area contributed by atoms with Crippen LogP contribution < -0.4 is 15.5 Å². The molecule has 0 aliphatic carbocycles. The third-order valence-electron chi connectivity index (χ3n) is 6.43. The normalized spacial score (nSPS) is 16.3. The first-order valence-electron chi connectivity index (χ1n) is 11.4. The van der Waals surface area contributed by atoms with Crippen molar-refractivity contribution in [2.24, 2.45) is 0 Å². The van der Waals surface area contributed by atoms with E-state index in [0.717, 1.165) is 74.4 Å². The molecule has 2 fully saturated rings. The first kappa shape index (κ1) is 21.2. The predicted octanol–water partition coefficient (Wildman–Crippen LogP) is 5.17. The maximum atomic E-state index is 13.4. The van der Waals surface area contributed by atoms with Gasteiger partial charge in [0, 0.05) is 43.2 Å². The summed E-state index contributed by atoms with van der Waals surface area (Å²) >= 11 is 0. The number of piperidine rings is 1. The number of benzene rings is 2. The quantitative estimate of drug-likeness (QED) is 0.717. The molecule has 6 nitrogen and oxygen atoms in total. The van der Waals surface area contributed by atoms with Crippen LogP contribution in [0.3, 0.4) is 0 Å². The van der Waals surface area contributed by atoms with Gasteiger partial charge < -0.3 is 20.4 Å². The zero-order valence-electron chi connectivity index (χ0n) is 18.5. The number of aryl methyl sites for hydroxylation is 1. The van der Waals surface area contributed by atoms with Crippen LogP contribution in [0.2, 0.25) is 0 Å². The number of hydrogen-bond acceptors (Lipinski definition) is 3. The number of amides is 3. The Bertz CT molecular complexity index is 960. The van der Waals surface area contributed by atoms with Gasteiger partial charge in [-0.3, -0.25) is 4.79 Å². The Kier molecular flexibility index (Phi) is 6.44. The van der Waals surface area contributed by atoms with Gasteiger partial charge in [-0.05, 0) is 81.3 Å². The number of nitrogens with zero attached hydrogens (tertiary/aromatic N) is 2. The molecule has 2 N–H and O–H groups in total. The number of hydrogen-bond donors (Lipinski definition) is 2. The number of carbonyl (C=O) groups is 2. The Morgan fingerprint density at radius 3 is 2.29 bits per heavy atom. The molecule has 2 saturated heterocycles. The summed E-state index contributed by atoms with van der Waals surface area (Å²) in [4.78, 5) is 30.2. The van der Waals surface area contributed by atoms with Crippen LogP contribution in [0.25, 0.3) is 0 Å². The highest BCUT2D eigenvalue weighted by molar-refractivity contribution is 6.04. The van der Waals surface area contributed by atoms with E-state index in [4.69, 9.17) is 0 Å². The van der Waals surface area contributed by atoms with Crippen molar-refractivity contribution in [1.29, 1.82) is 0 Å². The molecule has 2 aliphatic heterocycles. The smallest absolute Gasteiger partial charge is 0.323 e. The van der Waals surface area contributed by atoms with E-state index in [2.05, 4.69) is 15.5 Å². The lowest BCUT2D eigenvalue weighted by molar-refractivity contribution is 0.0725. The second-order valence-corrected chi connectivity index (χ2v) is 8.61. The minimum absolute atomic E-state index is 0.0696. The minimum Gasteiger partial charge on any atom is -0.371 e. The summed E-state index contributed by atoms with van der Waals surface area (Å²) in [6.45, 7) is 7.58. The number of carbonyl (C=O) groups excluding carboxylic acids is 2. The summed E-state index contributed by atoms with van der Waals surface area (Å²) in [5.74, 6) is 0.0696. The Balaban J connectivity index is 1.55. The van der Waals surface area contributed by atoms with Crippen LogP contribution in [0.4, 0.5) is 21.9 Å². The van der Waals surface area contributed by atoms with Crippen LogP contribution >= 0.6 is 0 Å². The van der Waals surface area contributed by atoms with Gasteiger partial charge in [0.05, 0.1) is 5.56 Å². The maximum Gasteiger partial charge on any atom is 0.323 e. The first-order chi connectivity index (χ1) is 15.0. The molecule has 0 spiro atoms. The van der Waals surface area contributed by atoms with Gasteiger partial charge in [0.1, 0.15) is 0 Å². The highest BCUT2D eigenvalue weighted by Crippen LogP contribution is 2.29. The molecule has 2 aromatic carbocycles. The summed E-state index contributed by atoms with van der Waals surface area (Å²) in [6.07, 6.45) is 5.59. The van der Waals surface area contributed by atoms with Crippen LogP contribution in [-0.4, -0.2) is 43.0 Å². The minimum atomic E-state index is -0.306. The number of nitrogens with one attached hydrogen (secondary N) is 2. The molecule has 0 bridgehead atoms. The van der Waals surface area contributed by atoms with Crippen molar-refractivity contribution in [3.8, 4) is 0 Å². The van der Waals surface area contributed by atoms with Crippen LogP contribution in [0.5, 0.6) is 0 Å². The van der Waals surface area contributed by atoms with E-state index in [1.54, 1.807) is 0 Å². The number of rotatable bonds is 4. The van der Waals surface area contributed by atoms with Crippen molar-refractivity contribution in [2.45, 2.75) is 46.0 Å². The van der Waals surface area contributed by atoms with Crippen molar-refractivity contribution in [1.82, 2.24) is 4.90 Å². The molecule has 3 amide bonds. The zero-order chi connectivity index (χ0) is 21.8. The van der Waals surface area contributed by atoms with E-state index in [1.807, 2.05) is 55.1 Å². The molecular formula is C25H32N4O2.